The number of rotatable bonds is 11. The summed E-state index contributed by atoms with van der Waals surface area (Å²) in [5.41, 5.74) is 3.34. The van der Waals surface area contributed by atoms with Crippen LogP contribution in [0.25, 0.3) is 10.3 Å². The number of aromatic nitrogens is 6. The average Bonchev–Trinajstić information content (AvgIpc) is 3.51. The minimum absolute atomic E-state index is 0.229. The highest BCUT2D eigenvalue weighted by Gasteiger charge is 2.12. The maximum absolute atomic E-state index is 13.8. The number of pyridine rings is 1. The van der Waals surface area contributed by atoms with Crippen molar-refractivity contribution in [2.75, 3.05) is 18.4 Å². The molecule has 4 heterocycles. The molecule has 0 unspecified atom stereocenters. The van der Waals surface area contributed by atoms with Crippen molar-refractivity contribution in [1.82, 2.24) is 35.2 Å². The van der Waals surface area contributed by atoms with Crippen LogP contribution in [0.4, 0.5) is 10.2 Å². The Bertz CT molecular complexity index is 1380. The molecule has 0 aliphatic carbocycles. The van der Waals surface area contributed by atoms with E-state index in [1.54, 1.807) is 23.6 Å². The van der Waals surface area contributed by atoms with Crippen LogP contribution < -0.4 is 10.6 Å². The summed E-state index contributed by atoms with van der Waals surface area (Å²) in [7, 11) is 0. The largest absolute Gasteiger partial charge is 0.362 e. The Morgan fingerprint density at radius 1 is 0.943 bits per heavy atom. The van der Waals surface area contributed by atoms with Crippen LogP contribution in [0, 0.1) is 5.82 Å². The number of nitrogens with zero attached hydrogens (tertiary/aromatic N) is 5. The normalized spacial score (nSPS) is 11.2. The van der Waals surface area contributed by atoms with E-state index in [0.717, 1.165) is 53.7 Å². The number of halogens is 1. The lowest BCUT2D eigenvalue weighted by Crippen LogP contribution is -2.20. The molecular formula is C25H25FN8S. The molecule has 0 atom stereocenters. The van der Waals surface area contributed by atoms with Gasteiger partial charge in [-0.15, -0.1) is 0 Å². The summed E-state index contributed by atoms with van der Waals surface area (Å²) in [5, 5.41) is 7.57. The van der Waals surface area contributed by atoms with Gasteiger partial charge >= 0.3 is 0 Å². The molecule has 10 heteroatoms. The predicted molar refractivity (Wildman–Crippen MR) is 135 cm³/mol. The van der Waals surface area contributed by atoms with Crippen LogP contribution in [-0.4, -0.2) is 43.0 Å². The van der Waals surface area contributed by atoms with E-state index in [1.807, 2.05) is 24.4 Å². The Kier molecular flexibility index (Phi) is 7.30. The fraction of sp³-hybridized carbons (Fsp3) is 0.240. The van der Waals surface area contributed by atoms with Gasteiger partial charge in [0, 0.05) is 44.7 Å². The van der Waals surface area contributed by atoms with Gasteiger partial charge in [-0.05, 0) is 17.7 Å². The second-order valence-electron chi connectivity index (χ2n) is 8.02. The van der Waals surface area contributed by atoms with Gasteiger partial charge in [-0.3, -0.25) is 4.98 Å². The number of H-pyrrole nitrogens is 1. The standard InChI is InChI=1S/C25H25FN8S/c26-19-7-4-10-28-20(19)15-30-24-23-25(32-16-31-24)35-22(34-23)9-12-27-11-8-21-29-14-18(33-21)13-17-5-2-1-3-6-17/h1-7,10,14,16,27H,8-9,11-13,15H2,(H,29,33)(H,30,31,32). The summed E-state index contributed by atoms with van der Waals surface area (Å²) in [6.45, 7) is 1.85. The molecule has 1 aromatic carbocycles. The van der Waals surface area contributed by atoms with E-state index in [-0.39, 0.29) is 12.4 Å². The summed E-state index contributed by atoms with van der Waals surface area (Å²) in [6, 6.07) is 13.3. The molecule has 35 heavy (non-hydrogen) atoms. The van der Waals surface area contributed by atoms with Gasteiger partial charge in [0.15, 0.2) is 5.82 Å². The summed E-state index contributed by atoms with van der Waals surface area (Å²) in [4.78, 5) is 26.2. The van der Waals surface area contributed by atoms with Gasteiger partial charge in [-0.25, -0.2) is 24.3 Å². The van der Waals surface area contributed by atoms with Gasteiger partial charge in [0.05, 0.1) is 22.9 Å². The fourth-order valence-electron chi connectivity index (χ4n) is 3.70. The fourth-order valence-corrected chi connectivity index (χ4v) is 4.61. The van der Waals surface area contributed by atoms with Gasteiger partial charge < -0.3 is 15.6 Å². The molecule has 0 aliphatic rings. The summed E-state index contributed by atoms with van der Waals surface area (Å²) in [5.74, 6) is 1.22. The van der Waals surface area contributed by atoms with Crippen LogP contribution in [0.1, 0.15) is 27.8 Å². The Morgan fingerprint density at radius 2 is 1.83 bits per heavy atom. The summed E-state index contributed by atoms with van der Waals surface area (Å²) < 4.78 is 13.8. The van der Waals surface area contributed by atoms with Crippen LogP contribution in [0.5, 0.6) is 0 Å². The van der Waals surface area contributed by atoms with Gasteiger partial charge in [0.1, 0.15) is 28.3 Å². The first kappa shape index (κ1) is 23.0. The highest BCUT2D eigenvalue weighted by atomic mass is 32.1. The third-order valence-corrected chi connectivity index (χ3v) is 6.49. The minimum atomic E-state index is -0.350. The molecule has 4 aromatic heterocycles. The third kappa shape index (κ3) is 6.03. The first-order valence-electron chi connectivity index (χ1n) is 11.5. The van der Waals surface area contributed by atoms with Crippen LogP contribution in [0.3, 0.4) is 0 Å². The topological polar surface area (TPSA) is 104 Å². The number of hydrogen-bond donors (Lipinski definition) is 3. The number of hydrogen-bond acceptors (Lipinski definition) is 8. The molecule has 0 saturated carbocycles. The van der Waals surface area contributed by atoms with E-state index in [9.17, 15) is 4.39 Å². The zero-order valence-corrected chi connectivity index (χ0v) is 19.9. The zero-order chi connectivity index (χ0) is 23.9. The van der Waals surface area contributed by atoms with Crippen LogP contribution in [0.2, 0.25) is 0 Å². The quantitative estimate of drug-likeness (QED) is 0.242. The second-order valence-corrected chi connectivity index (χ2v) is 9.08. The zero-order valence-electron chi connectivity index (χ0n) is 19.0. The van der Waals surface area contributed by atoms with E-state index in [2.05, 4.69) is 47.7 Å². The van der Waals surface area contributed by atoms with Crippen LogP contribution in [0.15, 0.2) is 61.2 Å². The number of thiazole rings is 1. The first-order valence-corrected chi connectivity index (χ1v) is 12.3. The van der Waals surface area contributed by atoms with Crippen LogP contribution in [-0.2, 0) is 25.8 Å². The number of aromatic amines is 1. The Morgan fingerprint density at radius 3 is 2.71 bits per heavy atom. The van der Waals surface area contributed by atoms with Gasteiger partial charge in [-0.1, -0.05) is 41.7 Å². The lowest BCUT2D eigenvalue weighted by atomic mass is 10.1. The van der Waals surface area contributed by atoms with E-state index >= 15 is 0 Å². The van der Waals surface area contributed by atoms with Crippen molar-refractivity contribution in [1.29, 1.82) is 0 Å². The van der Waals surface area contributed by atoms with Crippen molar-refractivity contribution in [3.63, 3.8) is 0 Å². The number of anilines is 1. The van der Waals surface area contributed by atoms with E-state index < -0.39 is 0 Å². The molecule has 0 radical (unpaired) electrons. The SMILES string of the molecule is Fc1cccnc1CNc1ncnc2sc(CCNCCc3nc(Cc4ccccc4)c[nH]3)nc12. The number of fused-ring (bicyclic) bond motifs is 1. The van der Waals surface area contributed by atoms with Gasteiger partial charge in [0.2, 0.25) is 0 Å². The van der Waals surface area contributed by atoms with E-state index in [0.29, 0.717) is 17.0 Å². The molecule has 178 valence electrons. The molecule has 0 saturated heterocycles. The molecule has 8 nitrogen and oxygen atoms in total. The van der Waals surface area contributed by atoms with E-state index in [1.165, 1.54) is 18.0 Å². The lowest BCUT2D eigenvalue weighted by molar-refractivity contribution is 0.602. The highest BCUT2D eigenvalue weighted by Crippen LogP contribution is 2.25. The molecule has 0 bridgehead atoms. The van der Waals surface area contributed by atoms with Crippen LogP contribution >= 0.6 is 11.3 Å². The van der Waals surface area contributed by atoms with Crippen molar-refractivity contribution in [3.05, 3.63) is 94.8 Å². The maximum atomic E-state index is 13.8. The van der Waals surface area contributed by atoms with Crippen molar-refractivity contribution >= 4 is 27.5 Å². The molecule has 3 N–H and O–H groups in total. The number of nitrogens with one attached hydrogen (secondary N) is 3. The Hall–Kier alpha value is -3.76. The minimum Gasteiger partial charge on any atom is -0.362 e. The second kappa shape index (κ2) is 11.1. The monoisotopic (exact) mass is 488 g/mol. The predicted octanol–water partition coefficient (Wildman–Crippen LogP) is 3.92. The van der Waals surface area contributed by atoms with Crippen molar-refractivity contribution < 1.29 is 4.39 Å². The van der Waals surface area contributed by atoms with Gasteiger partial charge in [-0.2, -0.15) is 0 Å². The van der Waals surface area contributed by atoms with Crippen molar-refractivity contribution in [2.45, 2.75) is 25.8 Å². The Labute approximate surface area is 206 Å². The molecule has 5 aromatic rings. The van der Waals surface area contributed by atoms with Crippen molar-refractivity contribution in [3.8, 4) is 0 Å². The molecule has 0 fully saturated rings. The molecule has 0 amide bonds. The molecular weight excluding hydrogens is 463 g/mol. The lowest BCUT2D eigenvalue weighted by Gasteiger charge is -2.05. The number of imidazole rings is 1. The molecule has 5 rings (SSSR count). The van der Waals surface area contributed by atoms with Gasteiger partial charge in [0.25, 0.3) is 0 Å². The van der Waals surface area contributed by atoms with E-state index in [4.69, 9.17) is 4.98 Å². The van der Waals surface area contributed by atoms with Crippen molar-refractivity contribution in [2.24, 2.45) is 0 Å². The summed E-state index contributed by atoms with van der Waals surface area (Å²) in [6.07, 6.45) is 7.50. The Balaban J connectivity index is 1.09. The number of benzene rings is 1. The highest BCUT2D eigenvalue weighted by molar-refractivity contribution is 7.18. The molecule has 0 spiro atoms. The third-order valence-electron chi connectivity index (χ3n) is 5.46. The first-order chi connectivity index (χ1) is 17.2. The summed E-state index contributed by atoms with van der Waals surface area (Å²) >= 11 is 1.54. The molecule has 0 aliphatic heterocycles. The maximum Gasteiger partial charge on any atom is 0.157 e. The average molecular weight is 489 g/mol. The smallest absolute Gasteiger partial charge is 0.157 e.